The minimum atomic E-state index is -3.28. The van der Waals surface area contributed by atoms with E-state index >= 15 is 0 Å². The van der Waals surface area contributed by atoms with Crippen LogP contribution >= 0.6 is 0 Å². The summed E-state index contributed by atoms with van der Waals surface area (Å²) in [5.74, 6) is -0.290. The summed E-state index contributed by atoms with van der Waals surface area (Å²) in [5.41, 5.74) is 0. The van der Waals surface area contributed by atoms with Crippen LogP contribution in [-0.4, -0.2) is 57.7 Å². The number of carbonyl (C=O) groups is 1. The Kier molecular flexibility index (Phi) is 8.11. The SMILES string of the molecule is CCOCCCNC(=O)CN(C)S(=O)(=O)CC. The first-order valence-corrected chi connectivity index (χ1v) is 7.33. The van der Waals surface area contributed by atoms with Gasteiger partial charge in [-0.15, -0.1) is 0 Å². The van der Waals surface area contributed by atoms with Crippen molar-refractivity contribution in [2.24, 2.45) is 0 Å². The van der Waals surface area contributed by atoms with Gasteiger partial charge in [-0.2, -0.15) is 4.31 Å². The predicted octanol–water partition coefficient (Wildman–Crippen LogP) is -0.189. The Labute approximate surface area is 103 Å². The molecule has 0 unspecified atom stereocenters. The molecule has 0 heterocycles. The van der Waals surface area contributed by atoms with Crippen LogP contribution in [0.5, 0.6) is 0 Å². The number of likely N-dealkylation sites (N-methyl/N-ethyl adjacent to an activating group) is 1. The molecule has 0 aliphatic carbocycles. The van der Waals surface area contributed by atoms with Crippen LogP contribution in [0.4, 0.5) is 0 Å². The second kappa shape index (κ2) is 8.43. The van der Waals surface area contributed by atoms with E-state index in [1.807, 2.05) is 6.92 Å². The fraction of sp³-hybridized carbons (Fsp3) is 0.900. The van der Waals surface area contributed by atoms with E-state index in [0.29, 0.717) is 19.8 Å². The third-order valence-corrected chi connectivity index (χ3v) is 4.01. The van der Waals surface area contributed by atoms with Crippen LogP contribution < -0.4 is 5.32 Å². The third kappa shape index (κ3) is 7.30. The lowest BCUT2D eigenvalue weighted by atomic mass is 10.4. The topological polar surface area (TPSA) is 75.7 Å². The standard InChI is InChI=1S/C10H22N2O4S/c1-4-16-8-6-7-11-10(13)9-12(3)17(14,15)5-2/h4-9H2,1-3H3,(H,11,13). The minimum absolute atomic E-state index is 0.00111. The maximum atomic E-state index is 11.4. The van der Waals surface area contributed by atoms with Gasteiger partial charge in [-0.3, -0.25) is 4.79 Å². The highest BCUT2D eigenvalue weighted by Gasteiger charge is 2.17. The summed E-state index contributed by atoms with van der Waals surface area (Å²) in [6.07, 6.45) is 0.726. The molecule has 7 heteroatoms. The van der Waals surface area contributed by atoms with Gasteiger partial charge < -0.3 is 10.1 Å². The van der Waals surface area contributed by atoms with E-state index in [1.54, 1.807) is 6.92 Å². The highest BCUT2D eigenvalue weighted by Crippen LogP contribution is 1.96. The summed E-state index contributed by atoms with van der Waals surface area (Å²) in [5, 5.41) is 2.64. The Morgan fingerprint density at radius 3 is 2.53 bits per heavy atom. The van der Waals surface area contributed by atoms with Gasteiger partial charge in [0.15, 0.2) is 0 Å². The summed E-state index contributed by atoms with van der Waals surface area (Å²) < 4.78 is 28.9. The number of hydrogen-bond donors (Lipinski definition) is 1. The van der Waals surface area contributed by atoms with Gasteiger partial charge in [0, 0.05) is 26.8 Å². The first-order valence-electron chi connectivity index (χ1n) is 5.72. The van der Waals surface area contributed by atoms with Crippen LogP contribution in [0.15, 0.2) is 0 Å². The number of ether oxygens (including phenoxy) is 1. The van der Waals surface area contributed by atoms with Crippen molar-refractivity contribution in [1.29, 1.82) is 0 Å². The minimum Gasteiger partial charge on any atom is -0.382 e. The molecule has 0 saturated carbocycles. The molecule has 0 bridgehead atoms. The molecule has 0 saturated heterocycles. The Morgan fingerprint density at radius 2 is 2.00 bits per heavy atom. The molecule has 6 nitrogen and oxygen atoms in total. The quantitative estimate of drug-likeness (QED) is 0.587. The molecule has 0 aromatic heterocycles. The molecule has 17 heavy (non-hydrogen) atoms. The fourth-order valence-electron chi connectivity index (χ4n) is 1.12. The first kappa shape index (κ1) is 16.3. The fourth-order valence-corrected chi connectivity index (χ4v) is 1.88. The highest BCUT2D eigenvalue weighted by molar-refractivity contribution is 7.89. The maximum absolute atomic E-state index is 11.4. The van der Waals surface area contributed by atoms with Crippen molar-refractivity contribution in [3.05, 3.63) is 0 Å². The van der Waals surface area contributed by atoms with E-state index in [0.717, 1.165) is 10.7 Å². The Hall–Kier alpha value is -0.660. The van der Waals surface area contributed by atoms with Gasteiger partial charge in [0.1, 0.15) is 0 Å². The monoisotopic (exact) mass is 266 g/mol. The summed E-state index contributed by atoms with van der Waals surface area (Å²) in [6.45, 7) is 5.07. The molecular formula is C10H22N2O4S. The maximum Gasteiger partial charge on any atom is 0.235 e. The highest BCUT2D eigenvalue weighted by atomic mass is 32.2. The Morgan fingerprint density at radius 1 is 1.35 bits per heavy atom. The summed E-state index contributed by atoms with van der Waals surface area (Å²) in [7, 11) is -1.88. The van der Waals surface area contributed by atoms with E-state index < -0.39 is 10.0 Å². The van der Waals surface area contributed by atoms with Crippen molar-refractivity contribution in [2.45, 2.75) is 20.3 Å². The van der Waals surface area contributed by atoms with E-state index in [2.05, 4.69) is 5.32 Å². The first-order chi connectivity index (χ1) is 7.94. The number of hydrogen-bond acceptors (Lipinski definition) is 4. The zero-order chi connectivity index (χ0) is 13.3. The van der Waals surface area contributed by atoms with Crippen molar-refractivity contribution < 1.29 is 17.9 Å². The smallest absolute Gasteiger partial charge is 0.235 e. The molecule has 0 aromatic rings. The predicted molar refractivity (Wildman–Crippen MR) is 66.2 cm³/mol. The van der Waals surface area contributed by atoms with Crippen molar-refractivity contribution in [2.75, 3.05) is 39.1 Å². The average molecular weight is 266 g/mol. The number of sulfonamides is 1. The number of rotatable bonds is 9. The number of nitrogens with one attached hydrogen (secondary N) is 1. The zero-order valence-corrected chi connectivity index (χ0v) is 11.5. The largest absolute Gasteiger partial charge is 0.382 e. The van der Waals surface area contributed by atoms with Crippen LogP contribution in [-0.2, 0) is 19.6 Å². The lowest BCUT2D eigenvalue weighted by molar-refractivity contribution is -0.121. The second-order valence-electron chi connectivity index (χ2n) is 3.56. The van der Waals surface area contributed by atoms with Crippen LogP contribution in [0.25, 0.3) is 0 Å². The van der Waals surface area contributed by atoms with Gasteiger partial charge in [-0.1, -0.05) is 0 Å². The zero-order valence-electron chi connectivity index (χ0n) is 10.7. The van der Waals surface area contributed by atoms with Gasteiger partial charge in [-0.25, -0.2) is 8.42 Å². The van der Waals surface area contributed by atoms with E-state index in [4.69, 9.17) is 4.74 Å². The lowest BCUT2D eigenvalue weighted by Crippen LogP contribution is -2.39. The number of nitrogens with zero attached hydrogens (tertiary/aromatic N) is 1. The van der Waals surface area contributed by atoms with E-state index in [9.17, 15) is 13.2 Å². The molecule has 1 amide bonds. The second-order valence-corrected chi connectivity index (χ2v) is 5.92. The molecule has 0 spiro atoms. The molecule has 0 atom stereocenters. The summed E-state index contributed by atoms with van der Waals surface area (Å²) >= 11 is 0. The summed E-state index contributed by atoms with van der Waals surface area (Å²) in [6, 6.07) is 0. The van der Waals surface area contributed by atoms with Gasteiger partial charge >= 0.3 is 0 Å². The van der Waals surface area contributed by atoms with Crippen molar-refractivity contribution in [3.63, 3.8) is 0 Å². The summed E-state index contributed by atoms with van der Waals surface area (Å²) in [4.78, 5) is 11.4. The van der Waals surface area contributed by atoms with E-state index in [-0.39, 0.29) is 18.2 Å². The molecule has 0 rings (SSSR count). The number of carbonyl (C=O) groups excluding carboxylic acids is 1. The number of amides is 1. The van der Waals surface area contributed by atoms with Gasteiger partial charge in [-0.05, 0) is 20.3 Å². The van der Waals surface area contributed by atoms with Crippen LogP contribution in [0.2, 0.25) is 0 Å². The Bertz CT molecular complexity index is 316. The van der Waals surface area contributed by atoms with E-state index in [1.165, 1.54) is 7.05 Å². The van der Waals surface area contributed by atoms with Gasteiger partial charge in [0.25, 0.3) is 0 Å². The molecule has 102 valence electrons. The third-order valence-electron chi connectivity index (χ3n) is 2.20. The molecule has 0 aliphatic heterocycles. The normalized spacial score (nSPS) is 11.8. The molecular weight excluding hydrogens is 244 g/mol. The molecule has 0 aromatic carbocycles. The van der Waals surface area contributed by atoms with Crippen LogP contribution in [0.1, 0.15) is 20.3 Å². The Balaban J connectivity index is 3.80. The lowest BCUT2D eigenvalue weighted by Gasteiger charge is -2.15. The van der Waals surface area contributed by atoms with Crippen molar-refractivity contribution >= 4 is 15.9 Å². The van der Waals surface area contributed by atoms with Gasteiger partial charge in [0.05, 0.1) is 12.3 Å². The average Bonchev–Trinajstić information content (AvgIpc) is 2.28. The van der Waals surface area contributed by atoms with Crippen molar-refractivity contribution in [3.8, 4) is 0 Å². The molecule has 0 aliphatic rings. The molecule has 0 radical (unpaired) electrons. The molecule has 0 fully saturated rings. The van der Waals surface area contributed by atoms with Crippen molar-refractivity contribution in [1.82, 2.24) is 9.62 Å². The van der Waals surface area contributed by atoms with Crippen LogP contribution in [0.3, 0.4) is 0 Å². The van der Waals surface area contributed by atoms with Gasteiger partial charge in [0.2, 0.25) is 15.9 Å². The van der Waals surface area contributed by atoms with Crippen LogP contribution in [0, 0.1) is 0 Å². The molecule has 1 N–H and O–H groups in total.